The van der Waals surface area contributed by atoms with Crippen LogP contribution in [-0.2, 0) is 0 Å². The molecule has 1 radical (unpaired) electrons. The summed E-state index contributed by atoms with van der Waals surface area (Å²) >= 11 is 0. The van der Waals surface area contributed by atoms with Crippen molar-refractivity contribution in [1.82, 2.24) is 4.90 Å². The lowest BCUT2D eigenvalue weighted by Gasteiger charge is -2.24. The first-order chi connectivity index (χ1) is 10.3. The minimum absolute atomic E-state index is 0.0118. The second-order valence-electron chi connectivity index (χ2n) is 5.30. The molecule has 1 aliphatic heterocycles. The lowest BCUT2D eigenvalue weighted by Crippen LogP contribution is -2.37. The molecule has 3 rings (SSSR count). The number of aliphatic hydroxyl groups excluding tert-OH is 1. The Morgan fingerprint density at radius 1 is 1.24 bits per heavy atom. The average Bonchev–Trinajstić information content (AvgIpc) is 3.03. The van der Waals surface area contributed by atoms with Crippen LogP contribution in [0.2, 0.25) is 0 Å². The van der Waals surface area contributed by atoms with Crippen LogP contribution < -0.4 is 0 Å². The van der Waals surface area contributed by atoms with Gasteiger partial charge >= 0.3 is 0 Å². The van der Waals surface area contributed by atoms with Crippen LogP contribution in [0.1, 0.15) is 23.2 Å². The molecule has 1 aliphatic rings. The van der Waals surface area contributed by atoms with Gasteiger partial charge in [0, 0.05) is 17.7 Å². The van der Waals surface area contributed by atoms with Crippen molar-refractivity contribution in [1.29, 1.82) is 0 Å². The predicted octanol–water partition coefficient (Wildman–Crippen LogP) is 2.75. The normalized spacial score (nSPS) is 18.0. The first kappa shape index (κ1) is 13.8. The zero-order valence-corrected chi connectivity index (χ0v) is 11.8. The molecule has 1 N–H and O–H groups in total. The summed E-state index contributed by atoms with van der Waals surface area (Å²) in [6.07, 6.45) is 1.83. The van der Waals surface area contributed by atoms with Crippen LogP contribution in [0.3, 0.4) is 0 Å². The van der Waals surface area contributed by atoms with E-state index < -0.39 is 0 Å². The molecule has 2 aromatic rings. The standard InChI is InChI=1S/C18H18NO2/c20-13-15-9-6-12-19(15)18(21)17-11-5-4-10-16(17)14-7-2-1-3-8-14/h1-5,7-8,11,15,20H,6,9,12-13H2. The summed E-state index contributed by atoms with van der Waals surface area (Å²) in [6, 6.07) is 18.5. The maximum absolute atomic E-state index is 12.8. The van der Waals surface area contributed by atoms with Gasteiger partial charge in [0.2, 0.25) is 0 Å². The minimum atomic E-state index is -0.0543. The van der Waals surface area contributed by atoms with Crippen molar-refractivity contribution in [2.45, 2.75) is 18.9 Å². The van der Waals surface area contributed by atoms with Gasteiger partial charge in [-0.2, -0.15) is 0 Å². The molecular weight excluding hydrogens is 262 g/mol. The second-order valence-corrected chi connectivity index (χ2v) is 5.30. The Morgan fingerprint density at radius 2 is 2.05 bits per heavy atom. The summed E-state index contributed by atoms with van der Waals surface area (Å²) in [5.74, 6) is -0.0118. The van der Waals surface area contributed by atoms with Crippen LogP contribution in [-0.4, -0.2) is 35.1 Å². The lowest BCUT2D eigenvalue weighted by atomic mass is 9.98. The molecule has 1 amide bonds. The molecular formula is C18H18NO2. The van der Waals surface area contributed by atoms with Gasteiger partial charge in [-0.3, -0.25) is 4.79 Å². The van der Waals surface area contributed by atoms with E-state index in [1.54, 1.807) is 4.90 Å². The fraction of sp³-hybridized carbons (Fsp3) is 0.278. The SMILES string of the molecule is O=C(c1ccc[c]c1-c1ccccc1)N1CCCC1CO. The summed E-state index contributed by atoms with van der Waals surface area (Å²) in [4.78, 5) is 14.6. The molecule has 0 spiro atoms. The number of carbonyl (C=O) groups is 1. The molecule has 0 aromatic heterocycles. The lowest BCUT2D eigenvalue weighted by molar-refractivity contribution is 0.0678. The molecule has 1 fully saturated rings. The smallest absolute Gasteiger partial charge is 0.254 e. The molecule has 0 saturated carbocycles. The molecule has 1 unspecified atom stereocenters. The van der Waals surface area contributed by atoms with Crippen LogP contribution >= 0.6 is 0 Å². The fourth-order valence-corrected chi connectivity index (χ4v) is 2.91. The third-order valence-electron chi connectivity index (χ3n) is 4.00. The Balaban J connectivity index is 1.98. The van der Waals surface area contributed by atoms with E-state index in [1.165, 1.54) is 0 Å². The number of nitrogens with zero attached hydrogens (tertiary/aromatic N) is 1. The number of likely N-dealkylation sites (tertiary alicyclic amines) is 1. The van der Waals surface area contributed by atoms with E-state index in [4.69, 9.17) is 0 Å². The van der Waals surface area contributed by atoms with Gasteiger partial charge in [-0.1, -0.05) is 42.5 Å². The maximum Gasteiger partial charge on any atom is 0.254 e. The first-order valence-electron chi connectivity index (χ1n) is 7.29. The molecule has 1 heterocycles. The van der Waals surface area contributed by atoms with Crippen LogP contribution in [0.5, 0.6) is 0 Å². The van der Waals surface area contributed by atoms with Crippen molar-refractivity contribution in [2.24, 2.45) is 0 Å². The molecule has 107 valence electrons. The molecule has 3 nitrogen and oxygen atoms in total. The monoisotopic (exact) mass is 280 g/mol. The number of rotatable bonds is 3. The van der Waals surface area contributed by atoms with Crippen molar-refractivity contribution < 1.29 is 9.90 Å². The van der Waals surface area contributed by atoms with Gasteiger partial charge in [0.15, 0.2) is 0 Å². The molecule has 0 aliphatic carbocycles. The average molecular weight is 280 g/mol. The van der Waals surface area contributed by atoms with Crippen molar-refractivity contribution in [3.05, 3.63) is 60.2 Å². The Morgan fingerprint density at radius 3 is 2.81 bits per heavy atom. The summed E-state index contributed by atoms with van der Waals surface area (Å²) in [5.41, 5.74) is 2.47. The van der Waals surface area contributed by atoms with Crippen LogP contribution in [0.15, 0.2) is 48.5 Å². The Bertz CT molecular complexity index is 624. The number of hydrogen-bond acceptors (Lipinski definition) is 2. The number of carbonyl (C=O) groups excluding carboxylic acids is 1. The van der Waals surface area contributed by atoms with Gasteiger partial charge in [0.1, 0.15) is 0 Å². The second kappa shape index (κ2) is 6.10. The van der Waals surface area contributed by atoms with Crippen molar-refractivity contribution in [2.75, 3.05) is 13.2 Å². The largest absolute Gasteiger partial charge is 0.394 e. The summed E-state index contributed by atoms with van der Waals surface area (Å²) in [5, 5.41) is 9.42. The van der Waals surface area contributed by atoms with E-state index in [1.807, 2.05) is 48.5 Å². The summed E-state index contributed by atoms with van der Waals surface area (Å²) < 4.78 is 0. The number of benzene rings is 2. The van der Waals surface area contributed by atoms with E-state index in [0.717, 1.165) is 24.0 Å². The van der Waals surface area contributed by atoms with E-state index >= 15 is 0 Å². The molecule has 0 bridgehead atoms. The Kier molecular flexibility index (Phi) is 4.02. The molecule has 1 saturated heterocycles. The number of hydrogen-bond donors (Lipinski definition) is 1. The number of aliphatic hydroxyl groups is 1. The zero-order chi connectivity index (χ0) is 14.7. The van der Waals surface area contributed by atoms with Crippen molar-refractivity contribution in [3.63, 3.8) is 0 Å². The van der Waals surface area contributed by atoms with Crippen LogP contribution in [0.25, 0.3) is 11.1 Å². The van der Waals surface area contributed by atoms with E-state index in [9.17, 15) is 9.90 Å². The van der Waals surface area contributed by atoms with Gasteiger partial charge in [-0.25, -0.2) is 0 Å². The van der Waals surface area contributed by atoms with Crippen LogP contribution in [0.4, 0.5) is 0 Å². The van der Waals surface area contributed by atoms with E-state index in [2.05, 4.69) is 6.07 Å². The van der Waals surface area contributed by atoms with Gasteiger partial charge < -0.3 is 10.0 Å². The topological polar surface area (TPSA) is 40.5 Å². The number of amides is 1. The molecule has 21 heavy (non-hydrogen) atoms. The fourth-order valence-electron chi connectivity index (χ4n) is 2.91. The summed E-state index contributed by atoms with van der Waals surface area (Å²) in [6.45, 7) is 0.746. The molecule has 3 heteroatoms. The van der Waals surface area contributed by atoms with Crippen molar-refractivity contribution >= 4 is 5.91 Å². The first-order valence-corrected chi connectivity index (χ1v) is 7.29. The maximum atomic E-state index is 12.8. The molecule has 2 aromatic carbocycles. The van der Waals surface area contributed by atoms with Crippen LogP contribution in [0, 0.1) is 6.07 Å². The molecule has 1 atom stereocenters. The van der Waals surface area contributed by atoms with Crippen molar-refractivity contribution in [3.8, 4) is 11.1 Å². The third-order valence-corrected chi connectivity index (χ3v) is 4.00. The van der Waals surface area contributed by atoms with Gasteiger partial charge in [-0.05, 0) is 30.5 Å². The highest BCUT2D eigenvalue weighted by Gasteiger charge is 2.29. The highest BCUT2D eigenvalue weighted by molar-refractivity contribution is 6.01. The highest BCUT2D eigenvalue weighted by atomic mass is 16.3. The quantitative estimate of drug-likeness (QED) is 0.939. The van der Waals surface area contributed by atoms with E-state index in [0.29, 0.717) is 12.1 Å². The van der Waals surface area contributed by atoms with Gasteiger partial charge in [0.05, 0.1) is 12.6 Å². The Labute approximate surface area is 124 Å². The van der Waals surface area contributed by atoms with Gasteiger partial charge in [0.25, 0.3) is 5.91 Å². The highest BCUT2D eigenvalue weighted by Crippen LogP contribution is 2.27. The summed E-state index contributed by atoms with van der Waals surface area (Å²) in [7, 11) is 0. The third kappa shape index (κ3) is 2.69. The Hall–Kier alpha value is -2.13. The van der Waals surface area contributed by atoms with E-state index in [-0.39, 0.29) is 18.6 Å². The zero-order valence-electron chi connectivity index (χ0n) is 11.8. The predicted molar refractivity (Wildman–Crippen MR) is 81.9 cm³/mol. The minimum Gasteiger partial charge on any atom is -0.394 e. The van der Waals surface area contributed by atoms with Gasteiger partial charge in [-0.15, -0.1) is 0 Å².